The molecule has 3 rings (SSSR count). The zero-order valence-electron chi connectivity index (χ0n) is 10.1. The van der Waals surface area contributed by atoms with Crippen molar-refractivity contribution in [3.63, 3.8) is 0 Å². The van der Waals surface area contributed by atoms with Crippen molar-refractivity contribution in [2.75, 3.05) is 13.1 Å². The Kier molecular flexibility index (Phi) is 2.84. The van der Waals surface area contributed by atoms with Gasteiger partial charge in [0.15, 0.2) is 0 Å². The third-order valence-corrected chi connectivity index (χ3v) is 3.99. The smallest absolute Gasteiger partial charge is 0.115 e. The molecule has 1 aromatic heterocycles. The van der Waals surface area contributed by atoms with Crippen LogP contribution >= 0.6 is 0 Å². The van der Waals surface area contributed by atoms with Crippen LogP contribution in [0.4, 0.5) is 0 Å². The lowest BCUT2D eigenvalue weighted by molar-refractivity contribution is 0.00535. The molecule has 0 amide bonds. The van der Waals surface area contributed by atoms with Crippen LogP contribution in [0.15, 0.2) is 12.5 Å². The maximum atomic E-state index is 10.4. The highest BCUT2D eigenvalue weighted by molar-refractivity contribution is 5.18. The van der Waals surface area contributed by atoms with Crippen molar-refractivity contribution in [3.05, 3.63) is 23.8 Å². The van der Waals surface area contributed by atoms with Gasteiger partial charge >= 0.3 is 0 Å². The zero-order chi connectivity index (χ0) is 11.7. The summed E-state index contributed by atoms with van der Waals surface area (Å²) in [7, 11) is 0. The van der Waals surface area contributed by atoms with Crippen molar-refractivity contribution in [1.29, 1.82) is 0 Å². The predicted molar refractivity (Wildman–Crippen MR) is 64.4 cm³/mol. The topological polar surface area (TPSA) is 49.2 Å². The van der Waals surface area contributed by atoms with Crippen molar-refractivity contribution in [2.45, 2.75) is 44.2 Å². The van der Waals surface area contributed by atoms with Crippen LogP contribution in [0.2, 0.25) is 0 Å². The average molecular weight is 233 g/mol. The molecule has 2 heterocycles. The highest BCUT2D eigenvalue weighted by Crippen LogP contribution is 2.31. The molecule has 1 aliphatic carbocycles. The van der Waals surface area contributed by atoms with Gasteiger partial charge in [0.05, 0.1) is 5.60 Å². The summed E-state index contributed by atoms with van der Waals surface area (Å²) >= 11 is 0. The van der Waals surface area contributed by atoms with Gasteiger partial charge in [-0.2, -0.15) is 0 Å². The predicted octanol–water partition coefficient (Wildman–Crippen LogP) is 1.14. The Hall–Kier alpha value is -1.00. The van der Waals surface area contributed by atoms with Gasteiger partial charge in [0, 0.05) is 43.5 Å². The van der Waals surface area contributed by atoms with Gasteiger partial charge in [0.1, 0.15) is 6.33 Å². The monoisotopic (exact) mass is 233 g/mol. The van der Waals surface area contributed by atoms with Crippen LogP contribution in [-0.4, -0.2) is 38.7 Å². The molecule has 1 saturated carbocycles. The lowest BCUT2D eigenvalue weighted by Gasteiger charge is -2.34. The summed E-state index contributed by atoms with van der Waals surface area (Å²) in [6.45, 7) is 2.70. The molecule has 1 aliphatic heterocycles. The van der Waals surface area contributed by atoms with E-state index in [-0.39, 0.29) is 0 Å². The fourth-order valence-electron chi connectivity index (χ4n) is 3.07. The van der Waals surface area contributed by atoms with Crippen LogP contribution in [-0.2, 0) is 13.0 Å². The van der Waals surface area contributed by atoms with E-state index in [0.717, 1.165) is 38.9 Å². The molecule has 1 aromatic rings. The van der Waals surface area contributed by atoms with Crippen molar-refractivity contribution in [3.8, 4) is 0 Å². The third-order valence-electron chi connectivity index (χ3n) is 3.99. The molecule has 0 bridgehead atoms. The molecule has 0 unspecified atom stereocenters. The number of rotatable bonds is 2. The van der Waals surface area contributed by atoms with Crippen molar-refractivity contribution in [2.24, 2.45) is 0 Å². The first-order valence-electron chi connectivity index (χ1n) is 6.48. The van der Waals surface area contributed by atoms with Crippen LogP contribution in [0.5, 0.6) is 0 Å². The second kappa shape index (κ2) is 4.35. The molecule has 0 aromatic carbocycles. The Morgan fingerprint density at radius 3 is 3.00 bits per heavy atom. The van der Waals surface area contributed by atoms with Gasteiger partial charge in [-0.15, -0.1) is 0 Å². The Labute approximate surface area is 102 Å². The molecular weight excluding hydrogens is 214 g/mol. The van der Waals surface area contributed by atoms with Gasteiger partial charge in [0.25, 0.3) is 0 Å². The number of β-amino-alcohol motifs (C(OH)–C–C–N with tert-alkyl or cyclic N) is 1. The van der Waals surface area contributed by atoms with Crippen molar-refractivity contribution in [1.82, 2.24) is 14.9 Å². The maximum absolute atomic E-state index is 10.4. The first-order chi connectivity index (χ1) is 8.25. The summed E-state index contributed by atoms with van der Waals surface area (Å²) in [5.74, 6) is 0. The maximum Gasteiger partial charge on any atom is 0.115 e. The molecule has 4 nitrogen and oxygen atoms in total. The van der Waals surface area contributed by atoms with Gasteiger partial charge < -0.3 is 5.11 Å². The summed E-state index contributed by atoms with van der Waals surface area (Å²) in [5.41, 5.74) is 1.96. The second-order valence-electron chi connectivity index (χ2n) is 5.39. The van der Waals surface area contributed by atoms with E-state index in [1.165, 1.54) is 24.1 Å². The van der Waals surface area contributed by atoms with Gasteiger partial charge in [-0.3, -0.25) is 4.90 Å². The summed E-state index contributed by atoms with van der Waals surface area (Å²) in [5, 5.41) is 10.4. The highest BCUT2D eigenvalue weighted by Gasteiger charge is 2.33. The van der Waals surface area contributed by atoms with Gasteiger partial charge in [-0.25, -0.2) is 9.97 Å². The molecular formula is C13H19N3O. The van der Waals surface area contributed by atoms with E-state index in [1.54, 1.807) is 6.33 Å². The van der Waals surface area contributed by atoms with E-state index in [9.17, 15) is 5.11 Å². The highest BCUT2D eigenvalue weighted by atomic mass is 16.3. The Morgan fingerprint density at radius 2 is 2.18 bits per heavy atom. The average Bonchev–Trinajstić information content (AvgIpc) is 2.76. The Morgan fingerprint density at radius 1 is 1.35 bits per heavy atom. The summed E-state index contributed by atoms with van der Waals surface area (Å²) in [4.78, 5) is 10.7. The van der Waals surface area contributed by atoms with Crippen molar-refractivity contribution >= 4 is 0 Å². The molecule has 2 aliphatic rings. The largest absolute Gasteiger partial charge is 0.389 e. The van der Waals surface area contributed by atoms with E-state index in [2.05, 4.69) is 14.9 Å². The quantitative estimate of drug-likeness (QED) is 0.832. The van der Waals surface area contributed by atoms with E-state index in [0.29, 0.717) is 0 Å². The van der Waals surface area contributed by atoms with Crippen LogP contribution < -0.4 is 0 Å². The third kappa shape index (κ3) is 2.33. The molecule has 92 valence electrons. The number of hydrogen-bond donors (Lipinski definition) is 1. The molecule has 0 spiro atoms. The number of fused-ring (bicyclic) bond motifs is 1. The number of nitrogens with zero attached hydrogens (tertiary/aromatic N) is 3. The second-order valence-corrected chi connectivity index (χ2v) is 5.39. The normalized spacial score (nSPS) is 23.6. The minimum atomic E-state index is -0.437. The van der Waals surface area contributed by atoms with Crippen LogP contribution in [0.3, 0.4) is 0 Å². The Bertz CT molecular complexity index is 401. The van der Waals surface area contributed by atoms with Crippen LogP contribution in [0.25, 0.3) is 0 Å². The molecule has 0 saturated heterocycles. The fraction of sp³-hybridized carbons (Fsp3) is 0.692. The molecule has 0 radical (unpaired) electrons. The first kappa shape index (κ1) is 11.1. The summed E-state index contributed by atoms with van der Waals surface area (Å²) in [6, 6.07) is 0. The summed E-state index contributed by atoms with van der Waals surface area (Å²) in [6.07, 6.45) is 8.78. The number of hydrogen-bond acceptors (Lipinski definition) is 4. The SMILES string of the molecule is OC1(CN2CCc3ncncc3C2)CCCC1. The summed E-state index contributed by atoms with van der Waals surface area (Å²) < 4.78 is 0. The lowest BCUT2D eigenvalue weighted by Crippen LogP contribution is -2.43. The molecule has 1 N–H and O–H groups in total. The lowest BCUT2D eigenvalue weighted by atomic mass is 9.99. The van der Waals surface area contributed by atoms with E-state index < -0.39 is 5.60 Å². The number of aromatic nitrogens is 2. The van der Waals surface area contributed by atoms with Crippen LogP contribution in [0, 0.1) is 0 Å². The molecule has 4 heteroatoms. The molecule has 17 heavy (non-hydrogen) atoms. The van der Waals surface area contributed by atoms with Crippen molar-refractivity contribution < 1.29 is 5.11 Å². The minimum Gasteiger partial charge on any atom is -0.389 e. The Balaban J connectivity index is 1.68. The molecule has 1 fully saturated rings. The van der Waals surface area contributed by atoms with E-state index in [1.807, 2.05) is 6.20 Å². The van der Waals surface area contributed by atoms with E-state index >= 15 is 0 Å². The van der Waals surface area contributed by atoms with Crippen LogP contribution in [0.1, 0.15) is 36.9 Å². The first-order valence-corrected chi connectivity index (χ1v) is 6.48. The molecule has 0 atom stereocenters. The standard InChI is InChI=1S/C13H19N3O/c17-13(4-1-2-5-13)9-16-6-3-12-11(8-16)7-14-10-15-12/h7,10,17H,1-6,8-9H2. The fourth-order valence-corrected chi connectivity index (χ4v) is 3.07. The van der Waals surface area contributed by atoms with E-state index in [4.69, 9.17) is 0 Å². The van der Waals surface area contributed by atoms with Gasteiger partial charge in [-0.05, 0) is 12.8 Å². The number of aliphatic hydroxyl groups is 1. The minimum absolute atomic E-state index is 0.437. The van der Waals surface area contributed by atoms with Gasteiger partial charge in [-0.1, -0.05) is 12.8 Å². The zero-order valence-corrected chi connectivity index (χ0v) is 10.1. The van der Waals surface area contributed by atoms with Gasteiger partial charge in [0.2, 0.25) is 0 Å².